The van der Waals surface area contributed by atoms with Crippen LogP contribution in [0.3, 0.4) is 0 Å². The molecule has 0 amide bonds. The molecular weight excluding hydrogens is 252 g/mol. The zero-order valence-electron chi connectivity index (χ0n) is 12.5. The van der Waals surface area contributed by atoms with Gasteiger partial charge >= 0.3 is 0 Å². The zero-order valence-corrected chi connectivity index (χ0v) is 12.5. The Kier molecular flexibility index (Phi) is 3.87. The van der Waals surface area contributed by atoms with Gasteiger partial charge < -0.3 is 0 Å². The highest BCUT2D eigenvalue weighted by molar-refractivity contribution is 5.57. The molecule has 0 nitrogen and oxygen atoms in total. The van der Waals surface area contributed by atoms with E-state index in [9.17, 15) is 0 Å². The molecule has 0 saturated carbocycles. The first kappa shape index (κ1) is 13.6. The third-order valence-corrected chi connectivity index (χ3v) is 3.74. The van der Waals surface area contributed by atoms with E-state index in [1.165, 1.54) is 33.7 Å². The third kappa shape index (κ3) is 3.05. The van der Waals surface area contributed by atoms with Crippen LogP contribution in [0.25, 0.3) is 0 Å². The number of rotatable bonds is 3. The Bertz CT molecular complexity index is 646. The maximum absolute atomic E-state index is 2.21. The van der Waals surface area contributed by atoms with Crippen molar-refractivity contribution in [2.75, 3.05) is 0 Å². The Labute approximate surface area is 127 Å². The van der Waals surface area contributed by atoms with Crippen molar-refractivity contribution in [3.05, 3.63) is 113 Å². The standard InChI is InChI=1S/C21H19/c1-16-8-12-19(13-9-16)21(18-6-4-3-5-7-18)20-14-10-17(2)11-15-20/h3-15H,1-2H3. The first-order valence-corrected chi connectivity index (χ1v) is 7.30. The molecule has 3 rings (SSSR count). The summed E-state index contributed by atoms with van der Waals surface area (Å²) in [5.41, 5.74) is 6.35. The highest BCUT2D eigenvalue weighted by Gasteiger charge is 2.17. The minimum atomic E-state index is 1.25. The van der Waals surface area contributed by atoms with Crippen LogP contribution >= 0.6 is 0 Å². The molecule has 0 N–H and O–H groups in total. The lowest BCUT2D eigenvalue weighted by Gasteiger charge is -2.18. The normalized spacial score (nSPS) is 10.8. The summed E-state index contributed by atoms with van der Waals surface area (Å²) in [5, 5.41) is 0. The minimum absolute atomic E-state index is 1.25. The van der Waals surface area contributed by atoms with E-state index in [1.807, 2.05) is 0 Å². The van der Waals surface area contributed by atoms with Crippen LogP contribution in [0.5, 0.6) is 0 Å². The van der Waals surface area contributed by atoms with Crippen LogP contribution in [0.4, 0.5) is 0 Å². The summed E-state index contributed by atoms with van der Waals surface area (Å²) in [6.07, 6.45) is 0. The highest BCUT2D eigenvalue weighted by atomic mass is 14.2. The summed E-state index contributed by atoms with van der Waals surface area (Å²) >= 11 is 0. The van der Waals surface area contributed by atoms with Gasteiger partial charge in [0.05, 0.1) is 5.92 Å². The summed E-state index contributed by atoms with van der Waals surface area (Å²) in [7, 11) is 0. The van der Waals surface area contributed by atoms with E-state index in [4.69, 9.17) is 0 Å². The van der Waals surface area contributed by atoms with Crippen molar-refractivity contribution in [2.24, 2.45) is 0 Å². The Morgan fingerprint density at radius 3 is 1.29 bits per heavy atom. The zero-order chi connectivity index (χ0) is 14.7. The number of hydrogen-bond donors (Lipinski definition) is 0. The van der Waals surface area contributed by atoms with E-state index in [1.54, 1.807) is 0 Å². The van der Waals surface area contributed by atoms with Gasteiger partial charge in [0.2, 0.25) is 0 Å². The van der Waals surface area contributed by atoms with Crippen LogP contribution < -0.4 is 0 Å². The minimum Gasteiger partial charge on any atom is -0.0622 e. The van der Waals surface area contributed by atoms with Crippen LogP contribution in [-0.2, 0) is 0 Å². The van der Waals surface area contributed by atoms with E-state index >= 15 is 0 Å². The molecule has 21 heavy (non-hydrogen) atoms. The van der Waals surface area contributed by atoms with Gasteiger partial charge in [0.1, 0.15) is 0 Å². The topological polar surface area (TPSA) is 0 Å². The van der Waals surface area contributed by atoms with Crippen molar-refractivity contribution >= 4 is 0 Å². The van der Waals surface area contributed by atoms with Crippen molar-refractivity contribution < 1.29 is 0 Å². The van der Waals surface area contributed by atoms with Crippen molar-refractivity contribution in [1.82, 2.24) is 0 Å². The predicted molar refractivity (Wildman–Crippen MR) is 89.3 cm³/mol. The van der Waals surface area contributed by atoms with Crippen LogP contribution in [0, 0.1) is 19.8 Å². The molecule has 0 aliphatic carbocycles. The molecule has 103 valence electrons. The lowest BCUT2D eigenvalue weighted by atomic mass is 9.85. The molecule has 1 radical (unpaired) electrons. The predicted octanol–water partition coefficient (Wildman–Crippen LogP) is 5.32. The highest BCUT2D eigenvalue weighted by Crippen LogP contribution is 2.31. The Morgan fingerprint density at radius 1 is 0.476 bits per heavy atom. The second-order valence-corrected chi connectivity index (χ2v) is 5.47. The molecule has 3 aromatic carbocycles. The second kappa shape index (κ2) is 5.97. The summed E-state index contributed by atoms with van der Waals surface area (Å²) in [4.78, 5) is 0. The first-order valence-electron chi connectivity index (χ1n) is 7.30. The SMILES string of the molecule is Cc1ccc([C](c2ccccc2)c2ccc(C)cc2)cc1. The molecule has 0 atom stereocenters. The quantitative estimate of drug-likeness (QED) is 0.565. The Hall–Kier alpha value is -2.34. The fourth-order valence-electron chi connectivity index (χ4n) is 2.55. The summed E-state index contributed by atoms with van der Waals surface area (Å²) in [5.74, 6) is 1.29. The van der Waals surface area contributed by atoms with Crippen LogP contribution in [0.15, 0.2) is 78.9 Å². The van der Waals surface area contributed by atoms with Gasteiger partial charge in [-0.2, -0.15) is 0 Å². The van der Waals surface area contributed by atoms with Crippen molar-refractivity contribution in [2.45, 2.75) is 13.8 Å². The number of hydrogen-bond acceptors (Lipinski definition) is 0. The molecular formula is C21H19. The molecule has 0 saturated heterocycles. The summed E-state index contributed by atoms with van der Waals surface area (Å²) in [6.45, 7) is 4.25. The van der Waals surface area contributed by atoms with Gasteiger partial charge in [-0.15, -0.1) is 0 Å². The second-order valence-electron chi connectivity index (χ2n) is 5.47. The van der Waals surface area contributed by atoms with Gasteiger partial charge in [-0.25, -0.2) is 0 Å². The van der Waals surface area contributed by atoms with Crippen LogP contribution in [-0.4, -0.2) is 0 Å². The average Bonchev–Trinajstić information content (AvgIpc) is 2.52. The van der Waals surface area contributed by atoms with E-state index < -0.39 is 0 Å². The molecule has 0 heterocycles. The molecule has 0 aliphatic rings. The van der Waals surface area contributed by atoms with E-state index in [0.29, 0.717) is 0 Å². The van der Waals surface area contributed by atoms with Crippen molar-refractivity contribution in [3.8, 4) is 0 Å². The van der Waals surface area contributed by atoms with Crippen LogP contribution in [0.2, 0.25) is 0 Å². The largest absolute Gasteiger partial charge is 0.0629 e. The lowest BCUT2D eigenvalue weighted by Crippen LogP contribution is -2.04. The summed E-state index contributed by atoms with van der Waals surface area (Å²) in [6, 6.07) is 28.1. The first-order chi connectivity index (χ1) is 10.2. The number of aryl methyl sites for hydroxylation is 2. The van der Waals surface area contributed by atoms with E-state index in [2.05, 4.69) is 92.7 Å². The fourth-order valence-corrected chi connectivity index (χ4v) is 2.55. The fraction of sp³-hybridized carbons (Fsp3) is 0.0952. The van der Waals surface area contributed by atoms with Gasteiger partial charge in [-0.3, -0.25) is 0 Å². The molecule has 3 aromatic rings. The van der Waals surface area contributed by atoms with Gasteiger partial charge in [-0.05, 0) is 30.5 Å². The smallest absolute Gasteiger partial charge is 0.0622 e. The molecule has 0 unspecified atom stereocenters. The van der Waals surface area contributed by atoms with Gasteiger partial charge in [0, 0.05) is 0 Å². The van der Waals surface area contributed by atoms with Crippen LogP contribution in [0.1, 0.15) is 27.8 Å². The number of benzene rings is 3. The maximum Gasteiger partial charge on any atom is 0.0629 e. The lowest BCUT2D eigenvalue weighted by molar-refractivity contribution is 1.21. The van der Waals surface area contributed by atoms with Gasteiger partial charge in [0.15, 0.2) is 0 Å². The molecule has 0 aromatic heterocycles. The molecule has 0 heteroatoms. The molecule has 0 aliphatic heterocycles. The maximum atomic E-state index is 2.21. The van der Waals surface area contributed by atoms with Crippen molar-refractivity contribution in [3.63, 3.8) is 0 Å². The van der Waals surface area contributed by atoms with Gasteiger partial charge in [-0.1, -0.05) is 90.0 Å². The Morgan fingerprint density at radius 2 is 0.857 bits per heavy atom. The van der Waals surface area contributed by atoms with E-state index in [0.717, 1.165) is 0 Å². The monoisotopic (exact) mass is 271 g/mol. The third-order valence-electron chi connectivity index (χ3n) is 3.74. The average molecular weight is 271 g/mol. The molecule has 0 spiro atoms. The Balaban J connectivity index is 2.11. The molecule has 0 bridgehead atoms. The van der Waals surface area contributed by atoms with Gasteiger partial charge in [0.25, 0.3) is 0 Å². The van der Waals surface area contributed by atoms with E-state index in [-0.39, 0.29) is 0 Å². The van der Waals surface area contributed by atoms with Crippen molar-refractivity contribution in [1.29, 1.82) is 0 Å². The summed E-state index contributed by atoms with van der Waals surface area (Å²) < 4.78 is 0. The molecule has 0 fully saturated rings.